The van der Waals surface area contributed by atoms with Crippen molar-refractivity contribution < 1.29 is 9.53 Å². The Morgan fingerprint density at radius 1 is 1.43 bits per heavy atom. The van der Waals surface area contributed by atoms with Gasteiger partial charge in [0.25, 0.3) is 0 Å². The molecule has 1 aliphatic heterocycles. The Kier molecular flexibility index (Phi) is 3.53. The smallest absolute Gasteiger partial charge is 0.323 e. The molecule has 14 heavy (non-hydrogen) atoms. The largest absolute Gasteiger partial charge is 0.459 e. The molecule has 1 saturated heterocycles. The molecule has 0 bridgehead atoms. The summed E-state index contributed by atoms with van der Waals surface area (Å²) in [6, 6.07) is -0.0991. The zero-order valence-corrected chi connectivity index (χ0v) is 9.59. The SMILES string of the molecule is C[C@H]1CCN[C@@H](C(=O)OC(C)(C)C)C1. The summed E-state index contributed by atoms with van der Waals surface area (Å²) in [5.74, 6) is 0.512. The number of nitrogens with one attached hydrogen (secondary N) is 1. The molecule has 3 heteroatoms. The minimum Gasteiger partial charge on any atom is -0.459 e. The van der Waals surface area contributed by atoms with Crippen molar-refractivity contribution >= 4 is 5.97 Å². The van der Waals surface area contributed by atoms with Crippen LogP contribution in [0, 0.1) is 5.92 Å². The lowest BCUT2D eigenvalue weighted by atomic mass is 9.94. The summed E-state index contributed by atoms with van der Waals surface area (Å²) in [4.78, 5) is 11.7. The van der Waals surface area contributed by atoms with Gasteiger partial charge in [-0.1, -0.05) is 6.92 Å². The van der Waals surface area contributed by atoms with E-state index in [1.54, 1.807) is 0 Å². The molecular formula is C11H21NO2. The molecule has 0 amide bonds. The Morgan fingerprint density at radius 2 is 2.07 bits per heavy atom. The molecule has 0 unspecified atom stereocenters. The lowest BCUT2D eigenvalue weighted by Crippen LogP contribution is -2.45. The Morgan fingerprint density at radius 3 is 2.57 bits per heavy atom. The highest BCUT2D eigenvalue weighted by Gasteiger charge is 2.28. The zero-order valence-electron chi connectivity index (χ0n) is 9.59. The first-order valence-corrected chi connectivity index (χ1v) is 5.35. The minimum absolute atomic E-state index is 0.0991. The quantitative estimate of drug-likeness (QED) is 0.653. The first-order chi connectivity index (χ1) is 6.38. The molecule has 0 spiro atoms. The normalized spacial score (nSPS) is 28.6. The van der Waals surface area contributed by atoms with Gasteiger partial charge in [0.05, 0.1) is 0 Å². The van der Waals surface area contributed by atoms with Crippen molar-refractivity contribution in [3.8, 4) is 0 Å². The van der Waals surface area contributed by atoms with Crippen LogP contribution in [0.1, 0.15) is 40.5 Å². The van der Waals surface area contributed by atoms with E-state index in [1.165, 1.54) is 0 Å². The monoisotopic (exact) mass is 199 g/mol. The Hall–Kier alpha value is -0.570. The second-order valence-electron chi connectivity index (χ2n) is 5.17. The molecule has 0 aromatic carbocycles. The van der Waals surface area contributed by atoms with Crippen molar-refractivity contribution in [2.75, 3.05) is 6.54 Å². The van der Waals surface area contributed by atoms with Crippen molar-refractivity contribution in [1.82, 2.24) is 5.32 Å². The van der Waals surface area contributed by atoms with E-state index in [0.717, 1.165) is 19.4 Å². The van der Waals surface area contributed by atoms with Gasteiger partial charge >= 0.3 is 5.97 Å². The molecule has 0 aliphatic carbocycles. The molecule has 2 atom stereocenters. The van der Waals surface area contributed by atoms with Gasteiger partial charge in [0.15, 0.2) is 0 Å². The van der Waals surface area contributed by atoms with Crippen molar-refractivity contribution in [3.05, 3.63) is 0 Å². The molecule has 3 nitrogen and oxygen atoms in total. The van der Waals surface area contributed by atoms with Gasteiger partial charge in [-0.25, -0.2) is 0 Å². The van der Waals surface area contributed by atoms with Gasteiger partial charge in [-0.3, -0.25) is 4.79 Å². The fourth-order valence-corrected chi connectivity index (χ4v) is 1.66. The Labute approximate surface area is 86.2 Å². The van der Waals surface area contributed by atoms with Gasteiger partial charge in [0.2, 0.25) is 0 Å². The zero-order chi connectivity index (χ0) is 10.8. The van der Waals surface area contributed by atoms with E-state index >= 15 is 0 Å². The van der Waals surface area contributed by atoms with Crippen LogP contribution in [0.4, 0.5) is 0 Å². The third-order valence-electron chi connectivity index (χ3n) is 2.36. The van der Waals surface area contributed by atoms with Gasteiger partial charge in [0, 0.05) is 0 Å². The van der Waals surface area contributed by atoms with Crippen LogP contribution in [-0.4, -0.2) is 24.2 Å². The number of esters is 1. The molecule has 0 aromatic rings. The average molecular weight is 199 g/mol. The second-order valence-corrected chi connectivity index (χ2v) is 5.17. The molecule has 0 radical (unpaired) electrons. The second kappa shape index (κ2) is 4.30. The lowest BCUT2D eigenvalue weighted by molar-refractivity contribution is -0.158. The summed E-state index contributed by atoms with van der Waals surface area (Å²) < 4.78 is 5.32. The molecule has 1 aliphatic rings. The summed E-state index contributed by atoms with van der Waals surface area (Å²) >= 11 is 0. The van der Waals surface area contributed by atoms with Crippen LogP contribution in [0.15, 0.2) is 0 Å². The maximum absolute atomic E-state index is 11.7. The molecular weight excluding hydrogens is 178 g/mol. The van der Waals surface area contributed by atoms with Crippen molar-refractivity contribution in [3.63, 3.8) is 0 Å². The molecule has 82 valence electrons. The Bertz CT molecular complexity index is 208. The van der Waals surface area contributed by atoms with E-state index in [0.29, 0.717) is 5.92 Å². The predicted octanol–water partition coefficient (Wildman–Crippen LogP) is 1.72. The highest BCUT2D eigenvalue weighted by molar-refractivity contribution is 5.76. The molecule has 1 rings (SSSR count). The maximum Gasteiger partial charge on any atom is 0.323 e. The van der Waals surface area contributed by atoms with Gasteiger partial charge in [0.1, 0.15) is 11.6 Å². The number of ether oxygens (including phenoxy) is 1. The van der Waals surface area contributed by atoms with Gasteiger partial charge in [-0.2, -0.15) is 0 Å². The molecule has 1 heterocycles. The van der Waals surface area contributed by atoms with Gasteiger partial charge in [-0.05, 0) is 46.1 Å². The standard InChI is InChI=1S/C11H21NO2/c1-8-5-6-12-9(7-8)10(13)14-11(2,3)4/h8-9,12H,5-7H2,1-4H3/t8-,9+/m0/s1. The van der Waals surface area contributed by atoms with Crippen LogP contribution in [0.25, 0.3) is 0 Å². The first-order valence-electron chi connectivity index (χ1n) is 5.35. The van der Waals surface area contributed by atoms with E-state index in [4.69, 9.17) is 4.74 Å². The number of rotatable bonds is 1. The molecule has 1 fully saturated rings. The van der Waals surface area contributed by atoms with E-state index in [9.17, 15) is 4.79 Å². The van der Waals surface area contributed by atoms with E-state index in [1.807, 2.05) is 20.8 Å². The van der Waals surface area contributed by atoms with Crippen molar-refractivity contribution in [2.24, 2.45) is 5.92 Å². The van der Waals surface area contributed by atoms with E-state index in [-0.39, 0.29) is 17.6 Å². The van der Waals surface area contributed by atoms with Gasteiger partial charge in [-0.15, -0.1) is 0 Å². The number of carbonyl (C=O) groups is 1. The predicted molar refractivity (Wildman–Crippen MR) is 56.0 cm³/mol. The fourth-order valence-electron chi connectivity index (χ4n) is 1.66. The highest BCUT2D eigenvalue weighted by atomic mass is 16.6. The third-order valence-corrected chi connectivity index (χ3v) is 2.36. The summed E-state index contributed by atoms with van der Waals surface area (Å²) in [7, 11) is 0. The number of hydrogen-bond donors (Lipinski definition) is 1. The summed E-state index contributed by atoms with van der Waals surface area (Å²) in [5, 5.41) is 3.20. The van der Waals surface area contributed by atoms with Crippen molar-refractivity contribution in [1.29, 1.82) is 0 Å². The van der Waals surface area contributed by atoms with Crippen LogP contribution in [0.3, 0.4) is 0 Å². The maximum atomic E-state index is 11.7. The molecule has 1 N–H and O–H groups in total. The number of carbonyl (C=O) groups excluding carboxylic acids is 1. The molecule has 0 saturated carbocycles. The van der Waals surface area contributed by atoms with Crippen LogP contribution >= 0.6 is 0 Å². The van der Waals surface area contributed by atoms with Crippen LogP contribution in [0.5, 0.6) is 0 Å². The third kappa shape index (κ3) is 3.66. The van der Waals surface area contributed by atoms with Gasteiger partial charge < -0.3 is 10.1 Å². The summed E-state index contributed by atoms with van der Waals surface area (Å²) in [6.45, 7) is 8.80. The Balaban J connectivity index is 2.44. The molecule has 0 aromatic heterocycles. The average Bonchev–Trinajstić information content (AvgIpc) is 2.01. The fraction of sp³-hybridized carbons (Fsp3) is 0.909. The number of hydrogen-bond acceptors (Lipinski definition) is 3. The van der Waals surface area contributed by atoms with Crippen molar-refractivity contribution in [2.45, 2.75) is 52.2 Å². The van der Waals surface area contributed by atoms with E-state index < -0.39 is 0 Å². The van der Waals surface area contributed by atoms with Crippen LogP contribution in [0.2, 0.25) is 0 Å². The highest BCUT2D eigenvalue weighted by Crippen LogP contribution is 2.18. The first kappa shape index (κ1) is 11.5. The topological polar surface area (TPSA) is 38.3 Å². The number of piperidine rings is 1. The lowest BCUT2D eigenvalue weighted by Gasteiger charge is -2.29. The minimum atomic E-state index is -0.376. The summed E-state index contributed by atoms with van der Waals surface area (Å²) in [5.41, 5.74) is -0.376. The van der Waals surface area contributed by atoms with Crippen LogP contribution < -0.4 is 5.32 Å². The van der Waals surface area contributed by atoms with E-state index in [2.05, 4.69) is 12.2 Å². The van der Waals surface area contributed by atoms with Crippen LogP contribution in [-0.2, 0) is 9.53 Å². The summed E-state index contributed by atoms with van der Waals surface area (Å²) in [6.07, 6.45) is 2.05.